The number of rotatable bonds is 6. The molecule has 3 aliphatic rings. The Morgan fingerprint density at radius 2 is 1.97 bits per heavy atom. The summed E-state index contributed by atoms with van der Waals surface area (Å²) in [6.45, 7) is 0.347. The minimum absolute atomic E-state index is 0.0414. The van der Waals surface area contributed by atoms with Crippen LogP contribution in [0.3, 0.4) is 0 Å². The number of halogens is 3. The van der Waals surface area contributed by atoms with Gasteiger partial charge in [-0.25, -0.2) is 9.61 Å². The lowest BCUT2D eigenvalue weighted by Gasteiger charge is -2.49. The molecule has 0 saturated heterocycles. The standard InChI is InChI=1S/C23H23F3N4O4/c24-23(25,26)20(31)17-9-12-3-4-13(17)8-14(12)11-28-21(32)16-2-1-7-27-22(16)33-15-5-6-18-19(10-15)30-34-29-18/h1-2,5-7,10,12-14,17,20,31H,3-4,8-9,11H2,(H,28,32). The van der Waals surface area contributed by atoms with Crippen LogP contribution in [0, 0.1) is 23.7 Å². The summed E-state index contributed by atoms with van der Waals surface area (Å²) < 4.78 is 49.5. The Hall–Kier alpha value is -3.21. The van der Waals surface area contributed by atoms with E-state index in [9.17, 15) is 23.1 Å². The first-order valence-corrected chi connectivity index (χ1v) is 11.2. The number of aromatic nitrogens is 3. The van der Waals surface area contributed by atoms with Gasteiger partial charge in [0, 0.05) is 18.8 Å². The van der Waals surface area contributed by atoms with Gasteiger partial charge in [0.15, 0.2) is 6.10 Å². The van der Waals surface area contributed by atoms with E-state index in [1.165, 1.54) is 6.20 Å². The molecule has 0 spiro atoms. The number of carbonyl (C=O) groups is 1. The van der Waals surface area contributed by atoms with Gasteiger partial charge in [0.2, 0.25) is 5.88 Å². The molecule has 180 valence electrons. The van der Waals surface area contributed by atoms with Crippen LogP contribution in [0.4, 0.5) is 13.2 Å². The number of fused-ring (bicyclic) bond motifs is 4. The number of alkyl halides is 3. The normalized spacial score (nSPS) is 25.3. The van der Waals surface area contributed by atoms with E-state index in [-0.39, 0.29) is 35.1 Å². The van der Waals surface area contributed by atoms with Crippen molar-refractivity contribution in [1.82, 2.24) is 20.6 Å². The second-order valence-electron chi connectivity index (χ2n) is 9.06. The summed E-state index contributed by atoms with van der Waals surface area (Å²) >= 11 is 0. The van der Waals surface area contributed by atoms with Gasteiger partial charge in [-0.2, -0.15) is 13.2 Å². The van der Waals surface area contributed by atoms with E-state index in [4.69, 9.17) is 4.74 Å². The lowest BCUT2D eigenvalue weighted by atomic mass is 9.58. The number of nitrogens with one attached hydrogen (secondary N) is 1. The third-order valence-electron chi connectivity index (χ3n) is 7.08. The van der Waals surface area contributed by atoms with Crippen molar-refractivity contribution >= 4 is 16.9 Å². The van der Waals surface area contributed by atoms with E-state index >= 15 is 0 Å². The summed E-state index contributed by atoms with van der Waals surface area (Å²) in [6, 6.07) is 8.17. The van der Waals surface area contributed by atoms with E-state index in [2.05, 4.69) is 25.2 Å². The van der Waals surface area contributed by atoms with Crippen LogP contribution in [0.1, 0.15) is 36.0 Å². The molecule has 11 heteroatoms. The highest BCUT2D eigenvalue weighted by Gasteiger charge is 2.51. The first-order chi connectivity index (χ1) is 16.3. The SMILES string of the molecule is O=C(NCC1CC2CCC1CC2C(O)C(F)(F)F)c1cccnc1Oc1ccc2nonc2c1. The Labute approximate surface area is 192 Å². The Morgan fingerprint density at radius 1 is 1.18 bits per heavy atom. The number of benzene rings is 1. The highest BCUT2D eigenvalue weighted by atomic mass is 19.4. The van der Waals surface area contributed by atoms with Crippen molar-refractivity contribution in [1.29, 1.82) is 0 Å². The van der Waals surface area contributed by atoms with Crippen LogP contribution in [0.15, 0.2) is 41.2 Å². The molecule has 2 N–H and O–H groups in total. The predicted octanol–water partition coefficient (Wildman–Crippen LogP) is 4.12. The number of nitrogens with zero attached hydrogens (tertiary/aromatic N) is 3. The van der Waals surface area contributed by atoms with E-state index in [1.807, 2.05) is 0 Å². The smallest absolute Gasteiger partial charge is 0.414 e. The van der Waals surface area contributed by atoms with Gasteiger partial charge < -0.3 is 15.2 Å². The summed E-state index contributed by atoms with van der Waals surface area (Å²) in [7, 11) is 0. The van der Waals surface area contributed by atoms with E-state index < -0.39 is 18.2 Å². The molecule has 8 nitrogen and oxygen atoms in total. The summed E-state index contributed by atoms with van der Waals surface area (Å²) in [4.78, 5) is 17.1. The Balaban J connectivity index is 1.23. The van der Waals surface area contributed by atoms with Gasteiger partial charge in [0.1, 0.15) is 22.3 Å². The van der Waals surface area contributed by atoms with Crippen LogP contribution < -0.4 is 10.1 Å². The fourth-order valence-corrected chi connectivity index (χ4v) is 5.38. The topological polar surface area (TPSA) is 110 Å². The van der Waals surface area contributed by atoms with Crippen molar-refractivity contribution in [3.63, 3.8) is 0 Å². The van der Waals surface area contributed by atoms with Crippen LogP contribution in [0.25, 0.3) is 11.0 Å². The zero-order chi connectivity index (χ0) is 23.9. The fourth-order valence-electron chi connectivity index (χ4n) is 5.38. The summed E-state index contributed by atoms with van der Waals surface area (Å²) in [5, 5.41) is 20.2. The second-order valence-corrected chi connectivity index (χ2v) is 9.06. The molecule has 5 atom stereocenters. The largest absolute Gasteiger partial charge is 0.438 e. The van der Waals surface area contributed by atoms with Gasteiger partial charge in [0.05, 0.1) is 0 Å². The van der Waals surface area contributed by atoms with Crippen LogP contribution in [0.5, 0.6) is 11.6 Å². The quantitative estimate of drug-likeness (QED) is 0.551. The minimum atomic E-state index is -4.60. The molecule has 34 heavy (non-hydrogen) atoms. The molecule has 0 radical (unpaired) electrons. The van der Waals surface area contributed by atoms with Gasteiger partial charge in [0.25, 0.3) is 5.91 Å². The van der Waals surface area contributed by atoms with Crippen LogP contribution in [-0.2, 0) is 0 Å². The third kappa shape index (κ3) is 4.44. The molecule has 0 aliphatic heterocycles. The first kappa shape index (κ1) is 22.6. The molecule has 2 bridgehead atoms. The number of hydrogen-bond acceptors (Lipinski definition) is 7. The zero-order valence-corrected chi connectivity index (χ0v) is 18.0. The van der Waals surface area contributed by atoms with Crippen molar-refractivity contribution in [3.05, 3.63) is 42.1 Å². The monoisotopic (exact) mass is 476 g/mol. The second kappa shape index (κ2) is 8.86. The van der Waals surface area contributed by atoms with Crippen LogP contribution in [-0.4, -0.2) is 45.1 Å². The number of aliphatic hydroxyl groups is 1. The Morgan fingerprint density at radius 3 is 2.74 bits per heavy atom. The van der Waals surface area contributed by atoms with Gasteiger partial charge in [-0.1, -0.05) is 0 Å². The predicted molar refractivity (Wildman–Crippen MR) is 113 cm³/mol. The molecule has 3 aromatic rings. The molecule has 6 rings (SSSR count). The summed E-state index contributed by atoms with van der Waals surface area (Å²) in [5.41, 5.74) is 1.31. The Bertz CT molecular complexity index is 1180. The number of amides is 1. The van der Waals surface area contributed by atoms with Crippen LogP contribution in [0.2, 0.25) is 0 Å². The van der Waals surface area contributed by atoms with Crippen LogP contribution >= 0.6 is 0 Å². The van der Waals surface area contributed by atoms with Gasteiger partial charge in [-0.15, -0.1) is 0 Å². The van der Waals surface area contributed by atoms with Gasteiger partial charge in [-0.3, -0.25) is 4.79 Å². The Kier molecular flexibility index (Phi) is 5.88. The zero-order valence-electron chi connectivity index (χ0n) is 18.0. The molecule has 1 amide bonds. The highest BCUT2D eigenvalue weighted by molar-refractivity contribution is 5.96. The molecule has 2 aromatic heterocycles. The molecule has 3 saturated carbocycles. The number of aliphatic hydroxyl groups excluding tert-OH is 1. The number of ether oxygens (including phenoxy) is 1. The first-order valence-electron chi connectivity index (χ1n) is 11.2. The maximum atomic E-state index is 13.0. The van der Waals surface area contributed by atoms with Gasteiger partial charge in [-0.05, 0) is 83.9 Å². The maximum Gasteiger partial charge on any atom is 0.414 e. The summed E-state index contributed by atoms with van der Waals surface area (Å²) in [5.74, 6) is -0.685. The van der Waals surface area contributed by atoms with Crippen molar-refractivity contribution < 1.29 is 32.4 Å². The number of pyridine rings is 1. The maximum absolute atomic E-state index is 13.0. The summed E-state index contributed by atoms with van der Waals surface area (Å²) in [6.07, 6.45) is -2.99. The fraction of sp³-hybridized carbons (Fsp3) is 0.478. The lowest BCUT2D eigenvalue weighted by Crippen LogP contribution is -2.49. The molecule has 1 aromatic carbocycles. The van der Waals surface area contributed by atoms with Crippen molar-refractivity contribution in [2.45, 2.75) is 38.0 Å². The van der Waals surface area contributed by atoms with Crippen molar-refractivity contribution in [2.24, 2.45) is 23.7 Å². The third-order valence-corrected chi connectivity index (χ3v) is 7.08. The average Bonchev–Trinajstić information content (AvgIpc) is 3.30. The molecular weight excluding hydrogens is 453 g/mol. The molecule has 2 heterocycles. The molecular formula is C23H23F3N4O4. The molecule has 3 aliphatic carbocycles. The van der Waals surface area contributed by atoms with Gasteiger partial charge >= 0.3 is 6.18 Å². The van der Waals surface area contributed by atoms with E-state index in [1.54, 1.807) is 30.3 Å². The van der Waals surface area contributed by atoms with E-state index in [0.29, 0.717) is 42.6 Å². The van der Waals surface area contributed by atoms with Crippen molar-refractivity contribution in [3.8, 4) is 11.6 Å². The average molecular weight is 476 g/mol. The molecule has 3 fully saturated rings. The highest BCUT2D eigenvalue weighted by Crippen LogP contribution is 2.51. The van der Waals surface area contributed by atoms with E-state index in [0.717, 1.165) is 6.42 Å². The minimum Gasteiger partial charge on any atom is -0.438 e. The van der Waals surface area contributed by atoms with Crippen molar-refractivity contribution in [2.75, 3.05) is 6.54 Å². The number of hydrogen-bond donors (Lipinski definition) is 2. The molecule has 5 unspecified atom stereocenters. The lowest BCUT2D eigenvalue weighted by molar-refractivity contribution is -0.234. The number of carbonyl (C=O) groups excluding carboxylic acids is 1.